The van der Waals surface area contributed by atoms with Gasteiger partial charge in [0.1, 0.15) is 18.0 Å². The van der Waals surface area contributed by atoms with Crippen LogP contribution in [-0.2, 0) is 0 Å². The molecule has 130 valence electrons. The Kier molecular flexibility index (Phi) is 4.89. The summed E-state index contributed by atoms with van der Waals surface area (Å²) in [5, 5.41) is 0.784. The van der Waals surface area contributed by atoms with Crippen LogP contribution in [0.1, 0.15) is 19.5 Å². The highest BCUT2D eigenvalue weighted by Crippen LogP contribution is 2.33. The molecule has 0 unspecified atom stereocenters. The average Bonchev–Trinajstić information content (AvgIpc) is 2.62. The minimum atomic E-state index is -0.491. The molecule has 2 aromatic heterocycles. The summed E-state index contributed by atoms with van der Waals surface area (Å²) in [5.41, 5.74) is 11.0. The highest BCUT2D eigenvalue weighted by atomic mass is 19.1. The zero-order valence-electron chi connectivity index (χ0n) is 14.7. The van der Waals surface area contributed by atoms with Crippen molar-refractivity contribution in [3.63, 3.8) is 0 Å². The molecular weight excluding hydrogens is 327 g/mol. The van der Waals surface area contributed by atoms with E-state index in [9.17, 15) is 4.39 Å². The lowest BCUT2D eigenvalue weighted by molar-refractivity contribution is 0.670. The van der Waals surface area contributed by atoms with Gasteiger partial charge in [-0.15, -0.1) is 0 Å². The summed E-state index contributed by atoms with van der Waals surface area (Å²) in [6, 6.07) is 9.67. The molecule has 4 nitrogen and oxygen atoms in total. The number of pyridine rings is 1. The van der Waals surface area contributed by atoms with Crippen LogP contribution in [0.5, 0.6) is 0 Å². The number of anilines is 1. The Morgan fingerprint density at radius 1 is 1.19 bits per heavy atom. The molecule has 0 saturated heterocycles. The number of hydrogen-bond donors (Lipinski definition) is 1. The molecule has 0 aliphatic heterocycles. The van der Waals surface area contributed by atoms with Gasteiger partial charge in [0.2, 0.25) is 0 Å². The first kappa shape index (κ1) is 17.5. The molecule has 0 saturated carbocycles. The van der Waals surface area contributed by atoms with Crippen molar-refractivity contribution in [2.75, 3.05) is 5.73 Å². The number of aromatic nitrogens is 3. The van der Waals surface area contributed by atoms with Crippen LogP contribution in [0, 0.1) is 0 Å². The number of fused-ring (bicyclic) bond motifs is 1. The van der Waals surface area contributed by atoms with Gasteiger partial charge >= 0.3 is 0 Å². The third kappa shape index (κ3) is 3.37. The minimum absolute atomic E-state index is 0.429. The second-order valence-electron chi connectivity index (χ2n) is 5.87. The molecule has 3 rings (SSSR count). The summed E-state index contributed by atoms with van der Waals surface area (Å²) in [7, 11) is 0. The minimum Gasteiger partial charge on any atom is -0.383 e. The molecule has 3 aromatic rings. The summed E-state index contributed by atoms with van der Waals surface area (Å²) in [5.74, 6) is -0.0617. The topological polar surface area (TPSA) is 64.7 Å². The smallest absolute Gasteiger partial charge is 0.134 e. The van der Waals surface area contributed by atoms with E-state index in [-0.39, 0.29) is 0 Å². The molecule has 0 aliphatic carbocycles. The summed E-state index contributed by atoms with van der Waals surface area (Å²) in [4.78, 5) is 12.8. The second kappa shape index (κ2) is 7.27. The van der Waals surface area contributed by atoms with Crippen LogP contribution in [0.25, 0.3) is 27.6 Å². The maximum atomic E-state index is 13.3. The maximum absolute atomic E-state index is 13.3. The zero-order chi connectivity index (χ0) is 18.7. The van der Waals surface area contributed by atoms with E-state index in [0.29, 0.717) is 5.82 Å². The van der Waals surface area contributed by atoms with Gasteiger partial charge in [-0.05, 0) is 54.8 Å². The first-order chi connectivity index (χ1) is 12.5. The summed E-state index contributed by atoms with van der Waals surface area (Å²) < 4.78 is 13.3. The largest absolute Gasteiger partial charge is 0.383 e. The number of allylic oxidation sites excluding steroid dienone is 5. The van der Waals surface area contributed by atoms with Crippen molar-refractivity contribution < 1.29 is 4.39 Å². The molecule has 5 heteroatoms. The lowest BCUT2D eigenvalue weighted by Gasteiger charge is -2.13. The summed E-state index contributed by atoms with van der Waals surface area (Å²) >= 11 is 0. The molecule has 0 fully saturated rings. The van der Waals surface area contributed by atoms with Crippen LogP contribution in [0.4, 0.5) is 10.2 Å². The maximum Gasteiger partial charge on any atom is 0.134 e. The standard InChI is InChI=1S/C21H19FN4/c1-4-16(13(2)10-14(3)22)20-17(6-5-9-24-20)15-7-8-19-18(11-15)21(23)26-12-25-19/h4-12H,3H2,1-2H3,(H2,23,25,26)/b13-10-,16-4+. The monoisotopic (exact) mass is 346 g/mol. The van der Waals surface area contributed by atoms with E-state index in [1.807, 2.05) is 50.3 Å². The Morgan fingerprint density at radius 3 is 2.73 bits per heavy atom. The van der Waals surface area contributed by atoms with Crippen molar-refractivity contribution in [1.82, 2.24) is 15.0 Å². The van der Waals surface area contributed by atoms with Gasteiger partial charge in [-0.2, -0.15) is 0 Å². The van der Waals surface area contributed by atoms with Crippen molar-refractivity contribution in [3.8, 4) is 11.1 Å². The van der Waals surface area contributed by atoms with Crippen molar-refractivity contribution in [1.29, 1.82) is 0 Å². The van der Waals surface area contributed by atoms with Gasteiger partial charge in [0.15, 0.2) is 0 Å². The molecule has 2 N–H and O–H groups in total. The van der Waals surface area contributed by atoms with Crippen LogP contribution in [0.2, 0.25) is 0 Å². The fourth-order valence-corrected chi connectivity index (χ4v) is 2.96. The van der Waals surface area contributed by atoms with Crippen molar-refractivity contribution in [3.05, 3.63) is 78.7 Å². The zero-order valence-corrected chi connectivity index (χ0v) is 14.7. The SMILES string of the molecule is C=C(F)/C=C(C)\C(=C/C)c1ncccc1-c1ccc2ncnc(N)c2c1. The Balaban J connectivity index is 2.19. The van der Waals surface area contributed by atoms with Gasteiger partial charge in [-0.1, -0.05) is 24.8 Å². The van der Waals surface area contributed by atoms with E-state index < -0.39 is 5.83 Å². The molecule has 0 atom stereocenters. The van der Waals surface area contributed by atoms with Crippen LogP contribution < -0.4 is 5.73 Å². The summed E-state index contributed by atoms with van der Waals surface area (Å²) in [6.07, 6.45) is 6.49. The molecule has 0 bridgehead atoms. The molecule has 2 heterocycles. The fourth-order valence-electron chi connectivity index (χ4n) is 2.96. The Bertz CT molecular complexity index is 1050. The predicted molar refractivity (Wildman–Crippen MR) is 105 cm³/mol. The molecule has 0 amide bonds. The van der Waals surface area contributed by atoms with Crippen molar-refractivity contribution in [2.45, 2.75) is 13.8 Å². The van der Waals surface area contributed by atoms with Gasteiger partial charge < -0.3 is 5.73 Å². The van der Waals surface area contributed by atoms with E-state index in [0.717, 1.165) is 38.9 Å². The third-order valence-electron chi connectivity index (χ3n) is 4.13. The third-order valence-corrected chi connectivity index (χ3v) is 4.13. The molecule has 0 aliphatic rings. The molecule has 26 heavy (non-hydrogen) atoms. The van der Waals surface area contributed by atoms with E-state index in [1.165, 1.54) is 12.4 Å². The number of nitrogens with two attached hydrogens (primary N) is 1. The second-order valence-corrected chi connectivity index (χ2v) is 5.87. The average molecular weight is 346 g/mol. The number of nitrogens with zero attached hydrogens (tertiary/aromatic N) is 3. The van der Waals surface area contributed by atoms with Crippen LogP contribution in [0.15, 0.2) is 73.0 Å². The lowest BCUT2D eigenvalue weighted by Crippen LogP contribution is -1.97. The Morgan fingerprint density at radius 2 is 2.00 bits per heavy atom. The number of halogens is 1. The van der Waals surface area contributed by atoms with E-state index in [2.05, 4.69) is 21.5 Å². The van der Waals surface area contributed by atoms with Gasteiger partial charge in [0.25, 0.3) is 0 Å². The van der Waals surface area contributed by atoms with Crippen molar-refractivity contribution in [2.24, 2.45) is 0 Å². The Hall–Kier alpha value is -3.34. The molecule has 0 radical (unpaired) electrons. The van der Waals surface area contributed by atoms with Crippen molar-refractivity contribution >= 4 is 22.3 Å². The fraction of sp³-hybridized carbons (Fsp3) is 0.0952. The Labute approximate surface area is 151 Å². The van der Waals surface area contributed by atoms with Crippen LogP contribution in [-0.4, -0.2) is 15.0 Å². The van der Waals surface area contributed by atoms with E-state index in [1.54, 1.807) is 6.20 Å². The first-order valence-corrected chi connectivity index (χ1v) is 8.16. The normalized spacial score (nSPS) is 12.4. The molecular formula is C21H19FN4. The van der Waals surface area contributed by atoms with Gasteiger partial charge in [0.05, 0.1) is 11.2 Å². The summed E-state index contributed by atoms with van der Waals surface area (Å²) in [6.45, 7) is 7.05. The highest BCUT2D eigenvalue weighted by molar-refractivity contribution is 5.94. The number of nitrogen functional groups attached to an aromatic ring is 1. The van der Waals surface area contributed by atoms with Gasteiger partial charge in [-0.3, -0.25) is 4.98 Å². The number of benzene rings is 1. The van der Waals surface area contributed by atoms with E-state index in [4.69, 9.17) is 5.73 Å². The lowest BCUT2D eigenvalue weighted by atomic mass is 9.94. The quantitative estimate of drug-likeness (QED) is 0.667. The predicted octanol–water partition coefficient (Wildman–Crippen LogP) is 5.11. The van der Waals surface area contributed by atoms with Gasteiger partial charge in [-0.25, -0.2) is 14.4 Å². The first-order valence-electron chi connectivity index (χ1n) is 8.16. The molecule has 0 spiro atoms. The number of rotatable bonds is 4. The van der Waals surface area contributed by atoms with E-state index >= 15 is 0 Å². The van der Waals surface area contributed by atoms with Crippen LogP contribution in [0.3, 0.4) is 0 Å². The molecule has 1 aromatic carbocycles. The van der Waals surface area contributed by atoms with Gasteiger partial charge in [0, 0.05) is 17.1 Å². The highest BCUT2D eigenvalue weighted by Gasteiger charge is 2.13. The van der Waals surface area contributed by atoms with Crippen LogP contribution >= 0.6 is 0 Å². The number of hydrogen-bond acceptors (Lipinski definition) is 4.